The highest BCUT2D eigenvalue weighted by Gasteiger charge is 2.19. The lowest BCUT2D eigenvalue weighted by Crippen LogP contribution is -2.43. The van der Waals surface area contributed by atoms with Crippen molar-refractivity contribution in [1.29, 1.82) is 0 Å². The summed E-state index contributed by atoms with van der Waals surface area (Å²) in [5, 5.41) is 2.98. The van der Waals surface area contributed by atoms with Crippen LogP contribution in [0.15, 0.2) is 18.2 Å². The second-order valence-electron chi connectivity index (χ2n) is 5.46. The molecule has 2 rings (SSSR count). The summed E-state index contributed by atoms with van der Waals surface area (Å²) in [5.41, 5.74) is 8.77. The van der Waals surface area contributed by atoms with Crippen LogP contribution in [0, 0.1) is 12.8 Å². The van der Waals surface area contributed by atoms with Gasteiger partial charge in [-0.05, 0) is 42.9 Å². The van der Waals surface area contributed by atoms with Crippen LogP contribution >= 0.6 is 0 Å². The second kappa shape index (κ2) is 5.95. The monoisotopic (exact) mass is 261 g/mol. The molecule has 1 heterocycles. The number of amides is 2. The zero-order valence-electron chi connectivity index (χ0n) is 11.8. The van der Waals surface area contributed by atoms with Crippen LogP contribution in [0.4, 0.5) is 10.5 Å². The van der Waals surface area contributed by atoms with Crippen molar-refractivity contribution in [2.45, 2.75) is 33.2 Å². The van der Waals surface area contributed by atoms with Gasteiger partial charge in [-0.15, -0.1) is 0 Å². The van der Waals surface area contributed by atoms with Crippen LogP contribution < -0.4 is 11.1 Å². The number of piperidine rings is 1. The molecule has 0 atom stereocenters. The van der Waals surface area contributed by atoms with Crippen LogP contribution in [0.25, 0.3) is 0 Å². The lowest BCUT2D eigenvalue weighted by molar-refractivity contribution is 0.173. The molecule has 1 aliphatic heterocycles. The van der Waals surface area contributed by atoms with Crippen LogP contribution in [-0.2, 0) is 6.54 Å². The third-order valence-corrected chi connectivity index (χ3v) is 3.99. The van der Waals surface area contributed by atoms with E-state index in [1.807, 2.05) is 30.0 Å². The van der Waals surface area contributed by atoms with E-state index in [0.717, 1.165) is 48.7 Å². The molecule has 1 aliphatic rings. The molecule has 1 saturated heterocycles. The summed E-state index contributed by atoms with van der Waals surface area (Å²) in [6.07, 6.45) is 2.20. The molecule has 1 aromatic rings. The molecule has 4 heteroatoms. The van der Waals surface area contributed by atoms with Crippen molar-refractivity contribution >= 4 is 11.7 Å². The van der Waals surface area contributed by atoms with Crippen LogP contribution in [0.1, 0.15) is 30.9 Å². The summed E-state index contributed by atoms with van der Waals surface area (Å²) < 4.78 is 0. The molecule has 0 aromatic heterocycles. The Balaban J connectivity index is 1.88. The molecule has 0 radical (unpaired) electrons. The Morgan fingerprint density at radius 3 is 2.79 bits per heavy atom. The number of carbonyl (C=O) groups excluding carboxylic acids is 1. The Morgan fingerprint density at radius 1 is 1.42 bits per heavy atom. The van der Waals surface area contributed by atoms with Gasteiger partial charge in [-0.25, -0.2) is 4.79 Å². The number of carbonyl (C=O) groups is 1. The SMILES string of the molecule is Cc1c(N)cccc1CNC(=O)N1CCC(C)CC1. The molecular formula is C15H23N3O. The topological polar surface area (TPSA) is 58.4 Å². The average Bonchev–Trinajstić information content (AvgIpc) is 2.41. The van der Waals surface area contributed by atoms with E-state index in [0.29, 0.717) is 6.54 Å². The number of rotatable bonds is 2. The fourth-order valence-corrected chi connectivity index (χ4v) is 2.39. The van der Waals surface area contributed by atoms with Crippen molar-refractivity contribution in [1.82, 2.24) is 10.2 Å². The molecule has 0 aliphatic carbocycles. The number of nitrogen functional groups attached to an aromatic ring is 1. The van der Waals surface area contributed by atoms with Gasteiger partial charge in [0.2, 0.25) is 0 Å². The third-order valence-electron chi connectivity index (χ3n) is 3.99. The zero-order chi connectivity index (χ0) is 13.8. The summed E-state index contributed by atoms with van der Waals surface area (Å²) >= 11 is 0. The molecule has 0 saturated carbocycles. The first-order chi connectivity index (χ1) is 9.08. The maximum absolute atomic E-state index is 12.1. The molecule has 19 heavy (non-hydrogen) atoms. The highest BCUT2D eigenvalue weighted by atomic mass is 16.2. The fraction of sp³-hybridized carbons (Fsp3) is 0.533. The first kappa shape index (κ1) is 13.7. The van der Waals surface area contributed by atoms with Gasteiger partial charge in [0.25, 0.3) is 0 Å². The van der Waals surface area contributed by atoms with Crippen molar-refractivity contribution in [2.24, 2.45) is 5.92 Å². The van der Waals surface area contributed by atoms with Crippen LogP contribution in [0.5, 0.6) is 0 Å². The first-order valence-corrected chi connectivity index (χ1v) is 6.94. The maximum Gasteiger partial charge on any atom is 0.317 e. The van der Waals surface area contributed by atoms with E-state index in [9.17, 15) is 4.79 Å². The summed E-state index contributed by atoms with van der Waals surface area (Å²) in [7, 11) is 0. The minimum atomic E-state index is 0.0359. The van der Waals surface area contributed by atoms with Crippen LogP contribution in [-0.4, -0.2) is 24.0 Å². The Morgan fingerprint density at radius 2 is 2.11 bits per heavy atom. The molecule has 1 fully saturated rings. The summed E-state index contributed by atoms with van der Waals surface area (Å²) in [5.74, 6) is 0.736. The Kier molecular flexibility index (Phi) is 4.30. The van der Waals surface area contributed by atoms with Gasteiger partial charge in [-0.1, -0.05) is 19.1 Å². The minimum Gasteiger partial charge on any atom is -0.399 e. The van der Waals surface area contributed by atoms with Gasteiger partial charge in [-0.2, -0.15) is 0 Å². The first-order valence-electron chi connectivity index (χ1n) is 6.94. The predicted molar refractivity (Wildman–Crippen MR) is 77.8 cm³/mol. The quantitative estimate of drug-likeness (QED) is 0.804. The van der Waals surface area contributed by atoms with Crippen molar-refractivity contribution < 1.29 is 4.79 Å². The number of hydrogen-bond donors (Lipinski definition) is 2. The number of nitrogens with one attached hydrogen (secondary N) is 1. The van der Waals surface area contributed by atoms with E-state index in [1.165, 1.54) is 0 Å². The lowest BCUT2D eigenvalue weighted by Gasteiger charge is -2.30. The summed E-state index contributed by atoms with van der Waals surface area (Å²) in [6, 6.07) is 5.84. The van der Waals surface area contributed by atoms with E-state index in [1.54, 1.807) is 0 Å². The van der Waals surface area contributed by atoms with Crippen molar-refractivity contribution in [2.75, 3.05) is 18.8 Å². The number of nitrogens with two attached hydrogens (primary N) is 1. The van der Waals surface area contributed by atoms with Crippen molar-refractivity contribution in [3.05, 3.63) is 29.3 Å². The van der Waals surface area contributed by atoms with E-state index in [2.05, 4.69) is 12.2 Å². The lowest BCUT2D eigenvalue weighted by atomic mass is 10.00. The van der Waals surface area contributed by atoms with Gasteiger partial charge >= 0.3 is 6.03 Å². The number of benzene rings is 1. The number of likely N-dealkylation sites (tertiary alicyclic amines) is 1. The Hall–Kier alpha value is -1.71. The minimum absolute atomic E-state index is 0.0359. The molecule has 4 nitrogen and oxygen atoms in total. The molecule has 2 amide bonds. The van der Waals surface area contributed by atoms with Gasteiger partial charge < -0.3 is 16.0 Å². The largest absolute Gasteiger partial charge is 0.399 e. The molecule has 0 unspecified atom stereocenters. The van der Waals surface area contributed by atoms with Crippen molar-refractivity contribution in [3.63, 3.8) is 0 Å². The summed E-state index contributed by atoms with van der Waals surface area (Å²) in [4.78, 5) is 14.0. The van der Waals surface area contributed by atoms with E-state index in [-0.39, 0.29) is 6.03 Å². The summed E-state index contributed by atoms with van der Waals surface area (Å²) in [6.45, 7) is 6.50. The second-order valence-corrected chi connectivity index (χ2v) is 5.46. The number of anilines is 1. The van der Waals surface area contributed by atoms with Crippen LogP contribution in [0.2, 0.25) is 0 Å². The molecule has 1 aromatic carbocycles. The highest BCUT2D eigenvalue weighted by Crippen LogP contribution is 2.17. The van der Waals surface area contributed by atoms with Gasteiger partial charge in [0, 0.05) is 25.3 Å². The maximum atomic E-state index is 12.1. The van der Waals surface area contributed by atoms with E-state index in [4.69, 9.17) is 5.73 Å². The molecule has 104 valence electrons. The van der Waals surface area contributed by atoms with Gasteiger partial charge in [0.1, 0.15) is 0 Å². The number of hydrogen-bond acceptors (Lipinski definition) is 2. The molecule has 3 N–H and O–H groups in total. The van der Waals surface area contributed by atoms with E-state index < -0.39 is 0 Å². The normalized spacial score (nSPS) is 16.4. The standard InChI is InChI=1S/C15H23N3O/c1-11-6-8-18(9-7-11)15(19)17-10-13-4-3-5-14(16)12(13)2/h3-5,11H,6-10,16H2,1-2H3,(H,17,19). The molecular weight excluding hydrogens is 238 g/mol. The van der Waals surface area contributed by atoms with Crippen molar-refractivity contribution in [3.8, 4) is 0 Å². The Labute approximate surface area is 115 Å². The van der Waals surface area contributed by atoms with Gasteiger partial charge in [0.05, 0.1) is 0 Å². The third kappa shape index (κ3) is 3.40. The van der Waals surface area contributed by atoms with E-state index >= 15 is 0 Å². The van der Waals surface area contributed by atoms with Gasteiger partial charge in [0.15, 0.2) is 0 Å². The molecule has 0 spiro atoms. The average molecular weight is 261 g/mol. The van der Waals surface area contributed by atoms with Crippen LogP contribution in [0.3, 0.4) is 0 Å². The Bertz CT molecular complexity index is 451. The fourth-order valence-electron chi connectivity index (χ4n) is 2.39. The smallest absolute Gasteiger partial charge is 0.317 e. The van der Waals surface area contributed by atoms with Gasteiger partial charge in [-0.3, -0.25) is 0 Å². The predicted octanol–water partition coefficient (Wildman–Crippen LogP) is 2.52. The molecule has 0 bridgehead atoms. The number of nitrogens with zero attached hydrogens (tertiary/aromatic N) is 1. The number of urea groups is 1. The zero-order valence-corrected chi connectivity index (χ0v) is 11.8. The highest BCUT2D eigenvalue weighted by molar-refractivity contribution is 5.74.